The molecule has 0 amide bonds. The molecule has 0 saturated carbocycles. The molecular weight excluding hydrogens is 362 g/mol. The van der Waals surface area contributed by atoms with Crippen LogP contribution in [-0.4, -0.2) is 0 Å². The Balaban J connectivity index is 1.47. The first-order valence-corrected chi connectivity index (χ1v) is 8.80. The van der Waals surface area contributed by atoms with Crippen LogP contribution in [0.15, 0.2) is 83.3 Å². The summed E-state index contributed by atoms with van der Waals surface area (Å²) in [6.45, 7) is 2.29. The number of halogens is 1. The first-order valence-electron chi connectivity index (χ1n) is 8.01. The summed E-state index contributed by atoms with van der Waals surface area (Å²) < 4.78 is 6.93. The van der Waals surface area contributed by atoms with Crippen LogP contribution in [-0.2, 0) is 19.7 Å². The van der Waals surface area contributed by atoms with E-state index in [0.717, 1.165) is 28.9 Å². The maximum Gasteiger partial charge on any atom is 0.119 e. The summed E-state index contributed by atoms with van der Waals surface area (Å²) in [5, 5.41) is 3.46. The second-order valence-corrected chi connectivity index (χ2v) is 6.47. The van der Waals surface area contributed by atoms with Crippen LogP contribution in [0.4, 0.5) is 0 Å². The fourth-order valence-corrected chi connectivity index (χ4v) is 2.83. The van der Waals surface area contributed by atoms with Gasteiger partial charge in [0.2, 0.25) is 0 Å². The molecule has 0 atom stereocenters. The van der Waals surface area contributed by atoms with Crippen molar-refractivity contribution >= 4 is 15.9 Å². The predicted octanol–water partition coefficient (Wildman–Crippen LogP) is 5.32. The minimum Gasteiger partial charge on any atom is -0.489 e. The van der Waals surface area contributed by atoms with Crippen molar-refractivity contribution in [3.8, 4) is 5.75 Å². The van der Waals surface area contributed by atoms with Gasteiger partial charge < -0.3 is 10.1 Å². The van der Waals surface area contributed by atoms with E-state index in [4.69, 9.17) is 4.74 Å². The molecule has 3 aromatic carbocycles. The summed E-state index contributed by atoms with van der Waals surface area (Å²) in [4.78, 5) is 0. The molecule has 2 nitrogen and oxygen atoms in total. The Labute approximate surface area is 151 Å². The summed E-state index contributed by atoms with van der Waals surface area (Å²) in [6, 6.07) is 26.8. The topological polar surface area (TPSA) is 21.3 Å². The van der Waals surface area contributed by atoms with Crippen LogP contribution in [0.2, 0.25) is 0 Å². The highest BCUT2D eigenvalue weighted by Crippen LogP contribution is 2.19. The Morgan fingerprint density at radius 2 is 1.33 bits per heavy atom. The molecule has 1 N–H and O–H groups in total. The molecular formula is C21H20BrNO. The van der Waals surface area contributed by atoms with Crippen LogP contribution in [0, 0.1) is 0 Å². The third kappa shape index (κ3) is 4.95. The Hall–Kier alpha value is -2.10. The second kappa shape index (κ2) is 8.67. The molecule has 0 bridgehead atoms. The largest absolute Gasteiger partial charge is 0.489 e. The molecule has 0 spiro atoms. The van der Waals surface area contributed by atoms with Crippen LogP contribution >= 0.6 is 15.9 Å². The standard InChI is InChI=1S/C21H20BrNO/c22-21-9-5-4-8-19(21)16-24-20-12-10-18(11-13-20)15-23-14-17-6-2-1-3-7-17/h1-13,23H,14-16H2. The highest BCUT2D eigenvalue weighted by Gasteiger charge is 2.01. The van der Waals surface area contributed by atoms with E-state index >= 15 is 0 Å². The molecule has 0 aliphatic rings. The van der Waals surface area contributed by atoms with Crippen LogP contribution < -0.4 is 10.1 Å². The average Bonchev–Trinajstić information content (AvgIpc) is 2.63. The van der Waals surface area contributed by atoms with Crippen LogP contribution in [0.3, 0.4) is 0 Å². The van der Waals surface area contributed by atoms with Crippen molar-refractivity contribution in [2.45, 2.75) is 19.7 Å². The zero-order chi connectivity index (χ0) is 16.6. The molecule has 0 radical (unpaired) electrons. The van der Waals surface area contributed by atoms with Crippen molar-refractivity contribution in [3.63, 3.8) is 0 Å². The highest BCUT2D eigenvalue weighted by molar-refractivity contribution is 9.10. The SMILES string of the molecule is Brc1ccccc1COc1ccc(CNCc2ccccc2)cc1. The molecule has 0 saturated heterocycles. The van der Waals surface area contributed by atoms with E-state index in [9.17, 15) is 0 Å². The van der Waals surface area contributed by atoms with Gasteiger partial charge in [-0.05, 0) is 29.3 Å². The minimum atomic E-state index is 0.563. The number of hydrogen-bond acceptors (Lipinski definition) is 2. The van der Waals surface area contributed by atoms with Gasteiger partial charge in [-0.1, -0.05) is 76.6 Å². The van der Waals surface area contributed by atoms with Gasteiger partial charge in [0.25, 0.3) is 0 Å². The van der Waals surface area contributed by atoms with Gasteiger partial charge in [0.05, 0.1) is 0 Å². The van der Waals surface area contributed by atoms with Gasteiger partial charge in [-0.25, -0.2) is 0 Å². The van der Waals surface area contributed by atoms with Crippen LogP contribution in [0.1, 0.15) is 16.7 Å². The predicted molar refractivity (Wildman–Crippen MR) is 102 cm³/mol. The molecule has 0 aromatic heterocycles. The Bertz CT molecular complexity index is 756. The van der Waals surface area contributed by atoms with Crippen molar-refractivity contribution in [1.29, 1.82) is 0 Å². The number of benzene rings is 3. The van der Waals surface area contributed by atoms with Crippen molar-refractivity contribution in [3.05, 3.63) is 100 Å². The van der Waals surface area contributed by atoms with Gasteiger partial charge in [-0.2, -0.15) is 0 Å². The molecule has 0 aliphatic carbocycles. The Morgan fingerprint density at radius 1 is 0.708 bits per heavy atom. The molecule has 0 heterocycles. The quantitative estimate of drug-likeness (QED) is 0.597. The smallest absolute Gasteiger partial charge is 0.119 e. The molecule has 0 fully saturated rings. The number of nitrogens with one attached hydrogen (secondary N) is 1. The first-order chi connectivity index (χ1) is 11.8. The zero-order valence-electron chi connectivity index (χ0n) is 13.4. The monoisotopic (exact) mass is 381 g/mol. The molecule has 3 rings (SSSR count). The van der Waals surface area contributed by atoms with Gasteiger partial charge in [0.1, 0.15) is 12.4 Å². The number of rotatable bonds is 7. The summed E-state index contributed by atoms with van der Waals surface area (Å²) in [7, 11) is 0. The normalized spacial score (nSPS) is 10.5. The van der Waals surface area contributed by atoms with Crippen molar-refractivity contribution < 1.29 is 4.74 Å². The lowest BCUT2D eigenvalue weighted by atomic mass is 10.2. The van der Waals surface area contributed by atoms with E-state index in [1.807, 2.05) is 36.4 Å². The maximum atomic E-state index is 5.85. The summed E-state index contributed by atoms with van der Waals surface area (Å²) in [5.41, 5.74) is 3.69. The third-order valence-corrected chi connectivity index (χ3v) is 4.55. The van der Waals surface area contributed by atoms with E-state index in [2.05, 4.69) is 63.7 Å². The van der Waals surface area contributed by atoms with E-state index < -0.39 is 0 Å². The van der Waals surface area contributed by atoms with Crippen molar-refractivity contribution in [2.75, 3.05) is 0 Å². The van der Waals surface area contributed by atoms with Gasteiger partial charge in [0.15, 0.2) is 0 Å². The maximum absolute atomic E-state index is 5.85. The molecule has 24 heavy (non-hydrogen) atoms. The van der Waals surface area contributed by atoms with Gasteiger partial charge in [-0.15, -0.1) is 0 Å². The first kappa shape index (κ1) is 16.7. The summed E-state index contributed by atoms with van der Waals surface area (Å²) in [6.07, 6.45) is 0. The lowest BCUT2D eigenvalue weighted by molar-refractivity contribution is 0.305. The van der Waals surface area contributed by atoms with Crippen LogP contribution in [0.25, 0.3) is 0 Å². The van der Waals surface area contributed by atoms with Crippen molar-refractivity contribution in [1.82, 2.24) is 5.32 Å². The second-order valence-electron chi connectivity index (χ2n) is 5.61. The Kier molecular flexibility index (Phi) is 6.05. The van der Waals surface area contributed by atoms with E-state index in [-0.39, 0.29) is 0 Å². The average molecular weight is 382 g/mol. The molecule has 122 valence electrons. The lowest BCUT2D eigenvalue weighted by Gasteiger charge is -2.09. The fourth-order valence-electron chi connectivity index (χ4n) is 2.43. The summed E-state index contributed by atoms with van der Waals surface area (Å²) in [5.74, 6) is 0.887. The van der Waals surface area contributed by atoms with E-state index in [1.165, 1.54) is 11.1 Å². The van der Waals surface area contributed by atoms with Crippen LogP contribution in [0.5, 0.6) is 5.75 Å². The van der Waals surface area contributed by atoms with E-state index in [0.29, 0.717) is 6.61 Å². The highest BCUT2D eigenvalue weighted by atomic mass is 79.9. The minimum absolute atomic E-state index is 0.563. The zero-order valence-corrected chi connectivity index (χ0v) is 15.0. The lowest BCUT2D eigenvalue weighted by Crippen LogP contribution is -2.12. The number of ether oxygens (including phenoxy) is 1. The summed E-state index contributed by atoms with van der Waals surface area (Å²) >= 11 is 3.54. The Morgan fingerprint density at radius 3 is 2.04 bits per heavy atom. The van der Waals surface area contributed by atoms with E-state index in [1.54, 1.807) is 0 Å². The third-order valence-electron chi connectivity index (χ3n) is 3.78. The molecule has 3 heteroatoms. The van der Waals surface area contributed by atoms with Gasteiger partial charge >= 0.3 is 0 Å². The molecule has 3 aromatic rings. The number of hydrogen-bond donors (Lipinski definition) is 1. The van der Waals surface area contributed by atoms with Gasteiger partial charge in [-0.3, -0.25) is 0 Å². The molecule has 0 aliphatic heterocycles. The molecule has 0 unspecified atom stereocenters. The van der Waals surface area contributed by atoms with Gasteiger partial charge in [0, 0.05) is 23.1 Å². The fraction of sp³-hybridized carbons (Fsp3) is 0.143. The van der Waals surface area contributed by atoms with Crippen molar-refractivity contribution in [2.24, 2.45) is 0 Å².